The molecule has 3 aromatic carbocycles. The zero-order valence-electron chi connectivity index (χ0n) is 14.6. The highest BCUT2D eigenvalue weighted by Gasteiger charge is 2.11. The summed E-state index contributed by atoms with van der Waals surface area (Å²) in [4.78, 5) is 0. The molecule has 25 heavy (non-hydrogen) atoms. The van der Waals surface area contributed by atoms with Gasteiger partial charge in [0.1, 0.15) is 0 Å². The third-order valence-corrected chi connectivity index (χ3v) is 4.56. The van der Waals surface area contributed by atoms with Gasteiger partial charge in [-0.2, -0.15) is 0 Å². The number of hydrogen-bond acceptors (Lipinski definition) is 2. The highest BCUT2D eigenvalue weighted by Crippen LogP contribution is 2.20. The van der Waals surface area contributed by atoms with Crippen molar-refractivity contribution in [1.82, 2.24) is 5.32 Å². The summed E-state index contributed by atoms with van der Waals surface area (Å²) in [6, 6.07) is 29.7. The lowest BCUT2D eigenvalue weighted by Gasteiger charge is -2.18. The molecular formula is C23H26N2. The Hall–Kier alpha value is -2.58. The fourth-order valence-electron chi connectivity index (χ4n) is 3.13. The average Bonchev–Trinajstić information content (AvgIpc) is 2.67. The van der Waals surface area contributed by atoms with Crippen LogP contribution in [0.4, 0.5) is 5.69 Å². The van der Waals surface area contributed by atoms with E-state index in [2.05, 4.69) is 78.1 Å². The van der Waals surface area contributed by atoms with Crippen LogP contribution in [0.5, 0.6) is 0 Å². The molecule has 128 valence electrons. The molecule has 0 spiro atoms. The standard InChI is InChI=1S/C23H26N2/c24-23-13-11-19(12-14-23)15-16-25-18-22(21-9-5-2-6-10-21)17-20-7-3-1-4-8-20/h1-14,22,25H,15-18,24H2. The van der Waals surface area contributed by atoms with Crippen LogP contribution in [0.25, 0.3) is 0 Å². The van der Waals surface area contributed by atoms with Gasteiger partial charge in [-0.25, -0.2) is 0 Å². The number of benzene rings is 3. The smallest absolute Gasteiger partial charge is 0.0314 e. The Bertz CT molecular complexity index is 736. The van der Waals surface area contributed by atoms with Crippen molar-refractivity contribution in [3.05, 3.63) is 102 Å². The zero-order chi connectivity index (χ0) is 17.3. The van der Waals surface area contributed by atoms with Gasteiger partial charge in [-0.1, -0.05) is 72.8 Å². The molecule has 0 fully saturated rings. The van der Waals surface area contributed by atoms with E-state index in [1.165, 1.54) is 16.7 Å². The first-order valence-corrected chi connectivity index (χ1v) is 8.95. The van der Waals surface area contributed by atoms with Crippen LogP contribution in [0, 0.1) is 0 Å². The number of rotatable bonds is 8. The lowest BCUT2D eigenvalue weighted by molar-refractivity contribution is 0.581. The number of nitrogens with two attached hydrogens (primary N) is 1. The van der Waals surface area contributed by atoms with Gasteiger partial charge in [-0.05, 0) is 48.2 Å². The van der Waals surface area contributed by atoms with Crippen LogP contribution in [-0.2, 0) is 12.8 Å². The van der Waals surface area contributed by atoms with E-state index >= 15 is 0 Å². The maximum atomic E-state index is 5.74. The molecule has 0 saturated heterocycles. The molecule has 2 nitrogen and oxygen atoms in total. The van der Waals surface area contributed by atoms with Crippen molar-refractivity contribution in [2.24, 2.45) is 0 Å². The van der Waals surface area contributed by atoms with E-state index in [0.717, 1.165) is 31.6 Å². The van der Waals surface area contributed by atoms with Crippen LogP contribution >= 0.6 is 0 Å². The van der Waals surface area contributed by atoms with Gasteiger partial charge in [0.15, 0.2) is 0 Å². The molecule has 0 aliphatic carbocycles. The van der Waals surface area contributed by atoms with Crippen molar-refractivity contribution in [3.63, 3.8) is 0 Å². The van der Waals surface area contributed by atoms with Gasteiger partial charge >= 0.3 is 0 Å². The second-order valence-corrected chi connectivity index (χ2v) is 6.49. The minimum absolute atomic E-state index is 0.481. The minimum atomic E-state index is 0.481. The van der Waals surface area contributed by atoms with E-state index in [9.17, 15) is 0 Å². The van der Waals surface area contributed by atoms with Gasteiger partial charge in [0.25, 0.3) is 0 Å². The first-order valence-electron chi connectivity index (χ1n) is 8.95. The summed E-state index contributed by atoms with van der Waals surface area (Å²) in [5, 5.41) is 3.64. The Balaban J connectivity index is 1.57. The summed E-state index contributed by atoms with van der Waals surface area (Å²) >= 11 is 0. The predicted octanol–water partition coefficient (Wildman–Crippen LogP) is 4.43. The summed E-state index contributed by atoms with van der Waals surface area (Å²) in [6.07, 6.45) is 2.08. The average molecular weight is 330 g/mol. The summed E-state index contributed by atoms with van der Waals surface area (Å²) in [5.74, 6) is 0.481. The number of nitrogen functional groups attached to an aromatic ring is 1. The first-order chi connectivity index (χ1) is 12.3. The molecular weight excluding hydrogens is 304 g/mol. The van der Waals surface area contributed by atoms with E-state index in [1.807, 2.05) is 12.1 Å². The van der Waals surface area contributed by atoms with Crippen molar-refractivity contribution >= 4 is 5.69 Å². The van der Waals surface area contributed by atoms with Crippen LogP contribution in [0.2, 0.25) is 0 Å². The Morgan fingerprint density at radius 1 is 0.720 bits per heavy atom. The van der Waals surface area contributed by atoms with Gasteiger partial charge in [-0.15, -0.1) is 0 Å². The molecule has 0 aliphatic rings. The zero-order valence-corrected chi connectivity index (χ0v) is 14.6. The van der Waals surface area contributed by atoms with Crippen LogP contribution in [-0.4, -0.2) is 13.1 Å². The maximum Gasteiger partial charge on any atom is 0.0314 e. The Morgan fingerprint density at radius 2 is 1.36 bits per heavy atom. The van der Waals surface area contributed by atoms with Gasteiger partial charge < -0.3 is 11.1 Å². The molecule has 0 bridgehead atoms. The lowest BCUT2D eigenvalue weighted by Crippen LogP contribution is -2.25. The van der Waals surface area contributed by atoms with Crippen molar-refractivity contribution in [1.29, 1.82) is 0 Å². The van der Waals surface area contributed by atoms with Crippen LogP contribution in [0.15, 0.2) is 84.9 Å². The molecule has 2 heteroatoms. The van der Waals surface area contributed by atoms with E-state index in [1.54, 1.807) is 0 Å². The summed E-state index contributed by atoms with van der Waals surface area (Å²) in [6.45, 7) is 1.95. The summed E-state index contributed by atoms with van der Waals surface area (Å²) < 4.78 is 0. The third kappa shape index (κ3) is 5.47. The second-order valence-electron chi connectivity index (χ2n) is 6.49. The minimum Gasteiger partial charge on any atom is -0.399 e. The monoisotopic (exact) mass is 330 g/mol. The van der Waals surface area contributed by atoms with Crippen molar-refractivity contribution in [2.75, 3.05) is 18.8 Å². The Labute approximate surface area is 150 Å². The van der Waals surface area contributed by atoms with E-state index in [4.69, 9.17) is 5.73 Å². The predicted molar refractivity (Wildman–Crippen MR) is 107 cm³/mol. The molecule has 1 unspecified atom stereocenters. The Morgan fingerprint density at radius 3 is 2.04 bits per heavy atom. The quantitative estimate of drug-likeness (QED) is 0.474. The second kappa shape index (κ2) is 9.05. The number of anilines is 1. The van der Waals surface area contributed by atoms with Gasteiger partial charge in [0, 0.05) is 18.2 Å². The van der Waals surface area contributed by atoms with Crippen molar-refractivity contribution in [3.8, 4) is 0 Å². The lowest BCUT2D eigenvalue weighted by atomic mass is 9.92. The van der Waals surface area contributed by atoms with Crippen LogP contribution in [0.3, 0.4) is 0 Å². The molecule has 3 aromatic rings. The molecule has 0 amide bonds. The normalized spacial score (nSPS) is 12.0. The largest absolute Gasteiger partial charge is 0.399 e. The SMILES string of the molecule is Nc1ccc(CCNCC(Cc2ccccc2)c2ccccc2)cc1. The molecule has 1 atom stereocenters. The van der Waals surface area contributed by atoms with E-state index < -0.39 is 0 Å². The third-order valence-electron chi connectivity index (χ3n) is 4.56. The first kappa shape index (κ1) is 17.2. The molecule has 0 saturated carbocycles. The molecule has 0 heterocycles. The molecule has 0 radical (unpaired) electrons. The molecule has 3 N–H and O–H groups in total. The molecule has 0 aromatic heterocycles. The molecule has 0 aliphatic heterocycles. The van der Waals surface area contributed by atoms with Crippen LogP contribution < -0.4 is 11.1 Å². The fraction of sp³-hybridized carbons (Fsp3) is 0.217. The molecule has 3 rings (SSSR count). The van der Waals surface area contributed by atoms with Gasteiger partial charge in [0.2, 0.25) is 0 Å². The fourth-order valence-corrected chi connectivity index (χ4v) is 3.13. The van der Waals surface area contributed by atoms with E-state index in [-0.39, 0.29) is 0 Å². The highest BCUT2D eigenvalue weighted by molar-refractivity contribution is 5.39. The number of nitrogens with one attached hydrogen (secondary N) is 1. The van der Waals surface area contributed by atoms with Gasteiger partial charge in [0.05, 0.1) is 0 Å². The maximum absolute atomic E-state index is 5.74. The van der Waals surface area contributed by atoms with E-state index in [0.29, 0.717) is 5.92 Å². The van der Waals surface area contributed by atoms with Crippen molar-refractivity contribution < 1.29 is 0 Å². The van der Waals surface area contributed by atoms with Crippen molar-refractivity contribution in [2.45, 2.75) is 18.8 Å². The Kier molecular flexibility index (Phi) is 6.24. The highest BCUT2D eigenvalue weighted by atomic mass is 14.9. The summed E-state index contributed by atoms with van der Waals surface area (Å²) in [7, 11) is 0. The van der Waals surface area contributed by atoms with Crippen LogP contribution in [0.1, 0.15) is 22.6 Å². The number of hydrogen-bond donors (Lipinski definition) is 2. The topological polar surface area (TPSA) is 38.0 Å². The van der Waals surface area contributed by atoms with Gasteiger partial charge in [-0.3, -0.25) is 0 Å². The summed E-state index contributed by atoms with van der Waals surface area (Å²) in [5.41, 5.74) is 10.7.